The van der Waals surface area contributed by atoms with Crippen molar-refractivity contribution in [2.24, 2.45) is 11.1 Å². The Morgan fingerprint density at radius 1 is 1.40 bits per heavy atom. The molecule has 4 heteroatoms. The Labute approximate surface area is 92.2 Å². The smallest absolute Gasteiger partial charge is 0.227 e. The standard InChI is InChI=1S/C11H24N2O2/c1-6-8(7-14)13-9(15)10(2,3)11(4,5)12/h8,14H,6-7,12H2,1-5H3,(H,13,15)/t8-/m0/s1. The predicted octanol–water partition coefficient (Wildman–Crippen LogP) is 0.637. The largest absolute Gasteiger partial charge is 0.394 e. The molecule has 0 aromatic heterocycles. The lowest BCUT2D eigenvalue weighted by atomic mass is 9.74. The summed E-state index contributed by atoms with van der Waals surface area (Å²) in [5, 5.41) is 11.8. The molecule has 0 aliphatic carbocycles. The Balaban J connectivity index is 4.58. The van der Waals surface area contributed by atoms with E-state index >= 15 is 0 Å². The highest BCUT2D eigenvalue weighted by Gasteiger charge is 2.40. The van der Waals surface area contributed by atoms with Crippen molar-refractivity contribution < 1.29 is 9.90 Å². The van der Waals surface area contributed by atoms with E-state index in [1.165, 1.54) is 0 Å². The lowest BCUT2D eigenvalue weighted by Gasteiger charge is -2.37. The second-order valence-electron chi connectivity index (χ2n) is 5.11. The van der Waals surface area contributed by atoms with E-state index < -0.39 is 11.0 Å². The quantitative estimate of drug-likeness (QED) is 0.631. The molecule has 0 fully saturated rings. The number of carbonyl (C=O) groups is 1. The maximum Gasteiger partial charge on any atom is 0.227 e. The highest BCUT2D eigenvalue weighted by molar-refractivity contribution is 5.83. The maximum atomic E-state index is 11.9. The zero-order valence-corrected chi connectivity index (χ0v) is 10.4. The van der Waals surface area contributed by atoms with Gasteiger partial charge in [-0.15, -0.1) is 0 Å². The van der Waals surface area contributed by atoms with Gasteiger partial charge in [0.05, 0.1) is 18.1 Å². The van der Waals surface area contributed by atoms with Crippen LogP contribution in [0, 0.1) is 5.41 Å². The topological polar surface area (TPSA) is 75.3 Å². The highest BCUT2D eigenvalue weighted by atomic mass is 16.3. The second-order valence-corrected chi connectivity index (χ2v) is 5.11. The summed E-state index contributed by atoms with van der Waals surface area (Å²) in [6.45, 7) is 9.16. The minimum Gasteiger partial charge on any atom is -0.394 e. The third-order valence-corrected chi connectivity index (χ3v) is 3.23. The van der Waals surface area contributed by atoms with Crippen molar-refractivity contribution in [3.05, 3.63) is 0 Å². The molecule has 0 bridgehead atoms. The van der Waals surface area contributed by atoms with Crippen LogP contribution in [0.1, 0.15) is 41.0 Å². The molecule has 90 valence electrons. The zero-order chi connectivity index (χ0) is 12.3. The summed E-state index contributed by atoms with van der Waals surface area (Å²) in [5.41, 5.74) is 4.70. The van der Waals surface area contributed by atoms with E-state index in [1.54, 1.807) is 0 Å². The summed E-state index contributed by atoms with van der Waals surface area (Å²) in [4.78, 5) is 11.9. The van der Waals surface area contributed by atoms with Crippen molar-refractivity contribution in [2.75, 3.05) is 6.61 Å². The Kier molecular flexibility index (Phi) is 4.74. The van der Waals surface area contributed by atoms with Crippen LogP contribution < -0.4 is 11.1 Å². The number of amides is 1. The number of aliphatic hydroxyl groups excluding tert-OH is 1. The van der Waals surface area contributed by atoms with Crippen molar-refractivity contribution >= 4 is 5.91 Å². The molecule has 4 N–H and O–H groups in total. The number of nitrogens with two attached hydrogens (primary N) is 1. The van der Waals surface area contributed by atoms with Gasteiger partial charge in [-0.2, -0.15) is 0 Å². The third kappa shape index (κ3) is 3.47. The van der Waals surface area contributed by atoms with Gasteiger partial charge in [-0.1, -0.05) is 6.92 Å². The average Bonchev–Trinajstić information content (AvgIpc) is 2.11. The molecule has 0 spiro atoms. The van der Waals surface area contributed by atoms with Gasteiger partial charge in [0, 0.05) is 5.54 Å². The molecule has 0 aliphatic heterocycles. The third-order valence-electron chi connectivity index (χ3n) is 3.23. The molecule has 0 aromatic rings. The van der Waals surface area contributed by atoms with E-state index in [2.05, 4.69) is 5.32 Å². The lowest BCUT2D eigenvalue weighted by Crippen LogP contribution is -2.57. The SMILES string of the molecule is CC[C@@H](CO)NC(=O)C(C)(C)C(C)(C)N. The number of hydrogen-bond donors (Lipinski definition) is 3. The highest BCUT2D eigenvalue weighted by Crippen LogP contribution is 2.28. The summed E-state index contributed by atoms with van der Waals surface area (Å²) >= 11 is 0. The number of aliphatic hydroxyl groups is 1. The summed E-state index contributed by atoms with van der Waals surface area (Å²) in [5.74, 6) is -0.115. The van der Waals surface area contributed by atoms with Crippen molar-refractivity contribution in [1.82, 2.24) is 5.32 Å². The molecule has 0 saturated carbocycles. The molecule has 1 amide bonds. The van der Waals surface area contributed by atoms with E-state index in [-0.39, 0.29) is 18.6 Å². The van der Waals surface area contributed by atoms with Gasteiger partial charge in [-0.05, 0) is 34.1 Å². The van der Waals surface area contributed by atoms with Crippen LogP contribution in [0.2, 0.25) is 0 Å². The summed E-state index contributed by atoms with van der Waals surface area (Å²) in [7, 11) is 0. The first-order chi connectivity index (χ1) is 6.66. The van der Waals surface area contributed by atoms with Gasteiger partial charge < -0.3 is 16.2 Å². The van der Waals surface area contributed by atoms with Gasteiger partial charge in [-0.3, -0.25) is 4.79 Å². The monoisotopic (exact) mass is 216 g/mol. The lowest BCUT2D eigenvalue weighted by molar-refractivity contribution is -0.133. The van der Waals surface area contributed by atoms with Crippen LogP contribution in [0.15, 0.2) is 0 Å². The number of nitrogens with one attached hydrogen (secondary N) is 1. The number of carbonyl (C=O) groups excluding carboxylic acids is 1. The van der Waals surface area contributed by atoms with E-state index in [4.69, 9.17) is 10.8 Å². The van der Waals surface area contributed by atoms with Gasteiger partial charge in [0.1, 0.15) is 0 Å². The number of rotatable bonds is 5. The van der Waals surface area contributed by atoms with Crippen molar-refractivity contribution in [3.8, 4) is 0 Å². The van der Waals surface area contributed by atoms with Crippen molar-refractivity contribution in [1.29, 1.82) is 0 Å². The molecule has 0 rings (SSSR count). The first-order valence-electron chi connectivity index (χ1n) is 5.37. The molecule has 0 aliphatic rings. The van der Waals surface area contributed by atoms with Gasteiger partial charge in [-0.25, -0.2) is 0 Å². The second kappa shape index (κ2) is 4.94. The van der Waals surface area contributed by atoms with Gasteiger partial charge in [0.2, 0.25) is 5.91 Å². The summed E-state index contributed by atoms with van der Waals surface area (Å²) < 4.78 is 0. The van der Waals surface area contributed by atoms with E-state index in [0.29, 0.717) is 6.42 Å². The first-order valence-corrected chi connectivity index (χ1v) is 5.37. The van der Waals surface area contributed by atoms with Gasteiger partial charge in [0.25, 0.3) is 0 Å². The first kappa shape index (κ1) is 14.4. The van der Waals surface area contributed by atoms with Crippen LogP contribution in [0.5, 0.6) is 0 Å². The van der Waals surface area contributed by atoms with Crippen LogP contribution in [-0.2, 0) is 4.79 Å². The summed E-state index contributed by atoms with van der Waals surface area (Å²) in [6.07, 6.45) is 0.712. The summed E-state index contributed by atoms with van der Waals surface area (Å²) in [6, 6.07) is -0.181. The molecule has 1 atom stereocenters. The van der Waals surface area contributed by atoms with E-state index in [1.807, 2.05) is 34.6 Å². The van der Waals surface area contributed by atoms with Crippen molar-refractivity contribution in [2.45, 2.75) is 52.6 Å². The molecule has 0 unspecified atom stereocenters. The molecule has 15 heavy (non-hydrogen) atoms. The Morgan fingerprint density at radius 3 is 2.13 bits per heavy atom. The Hall–Kier alpha value is -0.610. The van der Waals surface area contributed by atoms with Gasteiger partial charge in [0.15, 0.2) is 0 Å². The minimum atomic E-state index is -0.657. The Morgan fingerprint density at radius 2 is 1.87 bits per heavy atom. The molecule has 4 nitrogen and oxygen atoms in total. The molecule has 0 radical (unpaired) electrons. The van der Waals surface area contributed by atoms with Crippen LogP contribution in [0.4, 0.5) is 0 Å². The minimum absolute atomic E-state index is 0.0384. The maximum absolute atomic E-state index is 11.9. The average molecular weight is 216 g/mol. The molecule has 0 saturated heterocycles. The zero-order valence-electron chi connectivity index (χ0n) is 10.4. The Bertz CT molecular complexity index is 215. The van der Waals surface area contributed by atoms with E-state index in [0.717, 1.165) is 0 Å². The van der Waals surface area contributed by atoms with Gasteiger partial charge >= 0.3 is 0 Å². The van der Waals surface area contributed by atoms with Crippen LogP contribution in [0.3, 0.4) is 0 Å². The predicted molar refractivity (Wildman–Crippen MR) is 61.4 cm³/mol. The molecule has 0 heterocycles. The van der Waals surface area contributed by atoms with Crippen LogP contribution in [-0.4, -0.2) is 29.2 Å². The normalized spacial score (nSPS) is 14.9. The molecular formula is C11H24N2O2. The fourth-order valence-corrected chi connectivity index (χ4v) is 0.935. The fraction of sp³-hybridized carbons (Fsp3) is 0.909. The van der Waals surface area contributed by atoms with Crippen LogP contribution in [0.25, 0.3) is 0 Å². The molecular weight excluding hydrogens is 192 g/mol. The van der Waals surface area contributed by atoms with Crippen LogP contribution >= 0.6 is 0 Å². The molecule has 0 aromatic carbocycles. The van der Waals surface area contributed by atoms with E-state index in [9.17, 15) is 4.79 Å². The number of hydrogen-bond acceptors (Lipinski definition) is 3. The van der Waals surface area contributed by atoms with Crippen molar-refractivity contribution in [3.63, 3.8) is 0 Å². The fourth-order valence-electron chi connectivity index (χ4n) is 0.935.